The molecule has 0 radical (unpaired) electrons. The van der Waals surface area contributed by atoms with Crippen molar-refractivity contribution in [3.8, 4) is 0 Å². The molecule has 0 spiro atoms. The summed E-state index contributed by atoms with van der Waals surface area (Å²) in [5, 5.41) is 19.9. The second-order valence-corrected chi connectivity index (χ2v) is 9.46. The molecule has 1 aromatic carbocycles. The van der Waals surface area contributed by atoms with Gasteiger partial charge in [-0.05, 0) is 37.3 Å². The minimum absolute atomic E-state index is 0.0165. The van der Waals surface area contributed by atoms with Crippen LogP contribution in [0.4, 0.5) is 10.1 Å². The normalized spacial score (nSPS) is 20.8. The summed E-state index contributed by atoms with van der Waals surface area (Å²) in [6.07, 6.45) is 5.51. The Morgan fingerprint density at radius 2 is 1.86 bits per heavy atom. The second kappa shape index (κ2) is 9.11. The van der Waals surface area contributed by atoms with Crippen LogP contribution in [0, 0.1) is 11.7 Å². The predicted octanol–water partition coefficient (Wildman–Crippen LogP) is 4.61. The lowest BCUT2D eigenvalue weighted by atomic mass is 9.87. The average molecular weight is 422 g/mol. The third-order valence-corrected chi connectivity index (χ3v) is 7.11. The molecule has 1 unspecified atom stereocenters. The Kier molecular flexibility index (Phi) is 6.97. The topological polar surface area (TPSA) is 60.8 Å². The van der Waals surface area contributed by atoms with Crippen LogP contribution in [-0.4, -0.2) is 29.1 Å². The summed E-state index contributed by atoms with van der Waals surface area (Å²) in [6.45, 7) is 7.20. The van der Waals surface area contributed by atoms with Gasteiger partial charge in [0.05, 0.1) is 5.69 Å². The molecule has 2 aliphatic rings. The van der Waals surface area contributed by atoms with Gasteiger partial charge >= 0.3 is 0 Å². The molecule has 2 N–H and O–H groups in total. The van der Waals surface area contributed by atoms with Crippen molar-refractivity contribution in [1.29, 1.82) is 0 Å². The number of aliphatic hydroxyl groups is 2. The van der Waals surface area contributed by atoms with Crippen molar-refractivity contribution < 1.29 is 14.6 Å². The summed E-state index contributed by atoms with van der Waals surface area (Å²) in [5.41, 5.74) is 1.31. The number of hydrogen-bond acceptors (Lipinski definition) is 5. The van der Waals surface area contributed by atoms with E-state index in [4.69, 9.17) is 0 Å². The summed E-state index contributed by atoms with van der Waals surface area (Å²) in [7, 11) is 0. The standard InChI is InChI=1S/C20H24FNO3S.C3H8/c1-2-12-3-4-13-17(9-12)26-18-11-16(15(21)10-14(18)19(13)23)22-7-5-20(24,25)6-8-22;1-3-2/h10-12,24-25H,2-9H2,1H3;3H2,1-2H3. The Morgan fingerprint density at radius 1 is 1.21 bits per heavy atom. The van der Waals surface area contributed by atoms with Crippen LogP contribution < -0.4 is 10.3 Å². The summed E-state index contributed by atoms with van der Waals surface area (Å²) >= 11 is 1.62. The van der Waals surface area contributed by atoms with E-state index in [1.165, 1.54) is 12.5 Å². The van der Waals surface area contributed by atoms with Crippen molar-refractivity contribution in [2.75, 3.05) is 18.0 Å². The van der Waals surface area contributed by atoms with Gasteiger partial charge in [0.25, 0.3) is 0 Å². The van der Waals surface area contributed by atoms with Gasteiger partial charge in [-0.1, -0.05) is 33.6 Å². The zero-order valence-electron chi connectivity index (χ0n) is 17.6. The number of piperidine rings is 1. The maximum atomic E-state index is 14.7. The number of nitrogens with zero attached hydrogens (tertiary/aromatic N) is 1. The number of halogens is 1. The van der Waals surface area contributed by atoms with Crippen molar-refractivity contribution >= 4 is 27.1 Å². The van der Waals surface area contributed by atoms with Gasteiger partial charge in [0.1, 0.15) is 5.82 Å². The lowest BCUT2D eigenvalue weighted by Gasteiger charge is -2.36. The highest BCUT2D eigenvalue weighted by molar-refractivity contribution is 7.18. The first-order chi connectivity index (χ1) is 13.8. The SMILES string of the molecule is CCC.CCC1CCc2c(sc3cc(N4CCC(O)(O)CC4)c(F)cc3c2=O)C1. The highest BCUT2D eigenvalue weighted by Gasteiger charge is 2.31. The fourth-order valence-corrected chi connectivity index (χ4v) is 5.45. The molecule has 6 heteroatoms. The van der Waals surface area contributed by atoms with Crippen LogP contribution in [0.15, 0.2) is 16.9 Å². The Bertz CT molecular complexity index is 914. The van der Waals surface area contributed by atoms with E-state index in [-0.39, 0.29) is 18.3 Å². The minimum atomic E-state index is -1.66. The van der Waals surface area contributed by atoms with Crippen molar-refractivity contribution in [3.63, 3.8) is 0 Å². The summed E-state index contributed by atoms with van der Waals surface area (Å²) in [5.74, 6) is -1.45. The van der Waals surface area contributed by atoms with Crippen molar-refractivity contribution in [2.45, 2.75) is 71.5 Å². The van der Waals surface area contributed by atoms with Gasteiger partial charge in [-0.2, -0.15) is 0 Å². The smallest absolute Gasteiger partial charge is 0.191 e. The average Bonchev–Trinajstić information content (AvgIpc) is 2.69. The molecule has 2 heterocycles. The molecular formula is C23H32FNO3S. The number of benzene rings is 1. The van der Waals surface area contributed by atoms with Gasteiger partial charge < -0.3 is 15.1 Å². The molecule has 4 rings (SSSR count). The zero-order chi connectivity index (χ0) is 21.2. The van der Waals surface area contributed by atoms with Crippen molar-refractivity contribution in [1.82, 2.24) is 0 Å². The maximum Gasteiger partial charge on any atom is 0.191 e. The summed E-state index contributed by atoms with van der Waals surface area (Å²) in [6, 6.07) is 3.14. The number of fused-ring (bicyclic) bond motifs is 2. The third kappa shape index (κ3) is 4.81. The fourth-order valence-electron chi connectivity index (χ4n) is 4.12. The van der Waals surface area contributed by atoms with Gasteiger partial charge in [-0.25, -0.2) is 4.39 Å². The number of rotatable bonds is 2. The Hall–Kier alpha value is -1.50. The Labute approximate surface area is 176 Å². The molecule has 2 aromatic rings. The minimum Gasteiger partial charge on any atom is -0.369 e. The van der Waals surface area contributed by atoms with E-state index in [0.29, 0.717) is 30.1 Å². The van der Waals surface area contributed by atoms with E-state index >= 15 is 0 Å². The molecule has 4 nitrogen and oxygen atoms in total. The Balaban J connectivity index is 0.000000755. The van der Waals surface area contributed by atoms with Crippen LogP contribution in [-0.2, 0) is 12.8 Å². The van der Waals surface area contributed by atoms with Gasteiger partial charge in [-0.15, -0.1) is 11.3 Å². The summed E-state index contributed by atoms with van der Waals surface area (Å²) in [4.78, 5) is 15.8. The van der Waals surface area contributed by atoms with E-state index in [0.717, 1.165) is 40.8 Å². The molecule has 0 amide bonds. The molecule has 1 atom stereocenters. The lowest BCUT2D eigenvalue weighted by molar-refractivity contribution is -0.172. The third-order valence-electron chi connectivity index (χ3n) is 5.90. The molecule has 0 bridgehead atoms. The molecular weight excluding hydrogens is 389 g/mol. The molecule has 1 aliphatic heterocycles. The molecule has 1 saturated heterocycles. The molecule has 1 aromatic heterocycles. The number of hydrogen-bond donors (Lipinski definition) is 2. The first kappa shape index (κ1) is 22.2. The molecule has 1 aliphatic carbocycles. The van der Waals surface area contributed by atoms with Crippen LogP contribution in [0.5, 0.6) is 0 Å². The van der Waals surface area contributed by atoms with Gasteiger partial charge in [0, 0.05) is 46.5 Å². The first-order valence-corrected chi connectivity index (χ1v) is 11.6. The van der Waals surface area contributed by atoms with Gasteiger partial charge in [0.2, 0.25) is 0 Å². The van der Waals surface area contributed by atoms with E-state index in [1.54, 1.807) is 17.4 Å². The lowest BCUT2D eigenvalue weighted by Crippen LogP contribution is -2.44. The fraction of sp³-hybridized carbons (Fsp3) is 0.609. The largest absolute Gasteiger partial charge is 0.369 e. The van der Waals surface area contributed by atoms with Crippen LogP contribution in [0.1, 0.15) is 63.3 Å². The monoisotopic (exact) mass is 421 g/mol. The second-order valence-electron chi connectivity index (χ2n) is 8.33. The van der Waals surface area contributed by atoms with E-state index < -0.39 is 11.6 Å². The van der Waals surface area contributed by atoms with Gasteiger partial charge in [0.15, 0.2) is 11.2 Å². The van der Waals surface area contributed by atoms with Crippen LogP contribution >= 0.6 is 11.3 Å². The van der Waals surface area contributed by atoms with Crippen LogP contribution in [0.2, 0.25) is 0 Å². The van der Waals surface area contributed by atoms with Crippen LogP contribution in [0.3, 0.4) is 0 Å². The highest BCUT2D eigenvalue weighted by atomic mass is 32.1. The first-order valence-electron chi connectivity index (χ1n) is 10.8. The number of anilines is 1. The molecule has 29 heavy (non-hydrogen) atoms. The molecule has 0 saturated carbocycles. The zero-order valence-corrected chi connectivity index (χ0v) is 18.4. The van der Waals surface area contributed by atoms with Crippen molar-refractivity contribution in [2.24, 2.45) is 5.92 Å². The Morgan fingerprint density at radius 3 is 2.48 bits per heavy atom. The summed E-state index contributed by atoms with van der Waals surface area (Å²) < 4.78 is 15.6. The van der Waals surface area contributed by atoms with Crippen LogP contribution in [0.25, 0.3) is 10.1 Å². The molecule has 1 fully saturated rings. The molecule has 160 valence electrons. The quantitative estimate of drug-likeness (QED) is 0.695. The van der Waals surface area contributed by atoms with E-state index in [9.17, 15) is 19.4 Å². The maximum absolute atomic E-state index is 14.7. The highest BCUT2D eigenvalue weighted by Crippen LogP contribution is 2.35. The van der Waals surface area contributed by atoms with Crippen molar-refractivity contribution in [3.05, 3.63) is 38.6 Å². The van der Waals surface area contributed by atoms with Gasteiger partial charge in [-0.3, -0.25) is 4.79 Å². The van der Waals surface area contributed by atoms with E-state index in [2.05, 4.69) is 20.8 Å². The van der Waals surface area contributed by atoms with E-state index in [1.807, 2.05) is 4.90 Å². The predicted molar refractivity (Wildman–Crippen MR) is 118 cm³/mol.